The third-order valence-electron chi connectivity index (χ3n) is 3.23. The molecule has 0 spiro atoms. The Morgan fingerprint density at radius 3 is 3.00 bits per heavy atom. The van der Waals surface area contributed by atoms with Crippen LogP contribution in [0.2, 0.25) is 0 Å². The number of hydrogen-bond donors (Lipinski definition) is 1. The number of aliphatic hydroxyl groups excluding tert-OH is 1. The summed E-state index contributed by atoms with van der Waals surface area (Å²) in [5.41, 5.74) is 0.996. The van der Waals surface area contributed by atoms with Crippen LogP contribution in [0.4, 0.5) is 0 Å². The maximum Gasteiger partial charge on any atom is 0.245 e. The van der Waals surface area contributed by atoms with Crippen LogP contribution in [0, 0.1) is 0 Å². The highest BCUT2D eigenvalue weighted by molar-refractivity contribution is 7.89. The van der Waals surface area contributed by atoms with Crippen LogP contribution in [0.1, 0.15) is 12.8 Å². The second kappa shape index (κ2) is 4.78. The number of rotatable bonds is 2. The quantitative estimate of drug-likeness (QED) is 0.888. The van der Waals surface area contributed by atoms with Crippen LogP contribution in [0.25, 0.3) is 11.0 Å². The number of piperidine rings is 1. The summed E-state index contributed by atoms with van der Waals surface area (Å²) in [7, 11) is -3.61. The molecule has 1 atom stereocenters. The van der Waals surface area contributed by atoms with Gasteiger partial charge in [-0.2, -0.15) is 13.1 Å². The van der Waals surface area contributed by atoms with E-state index in [1.807, 2.05) is 0 Å². The smallest absolute Gasteiger partial charge is 0.245 e. The lowest BCUT2D eigenvalue weighted by Gasteiger charge is -2.29. The van der Waals surface area contributed by atoms with Crippen LogP contribution in [0.3, 0.4) is 0 Å². The maximum absolute atomic E-state index is 12.6. The molecule has 1 fully saturated rings. The average Bonchev–Trinajstić information content (AvgIpc) is 2.86. The second-order valence-electron chi connectivity index (χ2n) is 4.55. The fourth-order valence-electron chi connectivity index (χ4n) is 2.27. The van der Waals surface area contributed by atoms with Gasteiger partial charge in [-0.25, -0.2) is 8.42 Å². The van der Waals surface area contributed by atoms with E-state index < -0.39 is 16.1 Å². The highest BCUT2D eigenvalue weighted by atomic mass is 32.2. The van der Waals surface area contributed by atoms with Crippen molar-refractivity contribution >= 4 is 32.8 Å². The summed E-state index contributed by atoms with van der Waals surface area (Å²) in [4.78, 5) is 0.174. The minimum Gasteiger partial charge on any atom is -0.392 e. The van der Waals surface area contributed by atoms with Crippen LogP contribution in [-0.2, 0) is 10.0 Å². The van der Waals surface area contributed by atoms with Gasteiger partial charge in [-0.3, -0.25) is 0 Å². The van der Waals surface area contributed by atoms with Gasteiger partial charge in [-0.05, 0) is 25.0 Å². The summed E-state index contributed by atoms with van der Waals surface area (Å²) in [6, 6.07) is 4.94. The van der Waals surface area contributed by atoms with Crippen molar-refractivity contribution in [2.24, 2.45) is 0 Å². The SMILES string of the molecule is O=S(=O)(c1cccc2nsnc12)N1CCCC(O)C1. The number of aromatic nitrogens is 2. The van der Waals surface area contributed by atoms with Crippen molar-refractivity contribution in [1.82, 2.24) is 13.1 Å². The van der Waals surface area contributed by atoms with E-state index in [0.29, 0.717) is 30.4 Å². The molecule has 102 valence electrons. The molecule has 1 unspecified atom stereocenters. The molecule has 3 rings (SSSR count). The Morgan fingerprint density at radius 2 is 2.21 bits per heavy atom. The van der Waals surface area contributed by atoms with Crippen LogP contribution >= 0.6 is 11.7 Å². The molecule has 19 heavy (non-hydrogen) atoms. The molecule has 0 bridgehead atoms. The van der Waals surface area contributed by atoms with Crippen molar-refractivity contribution in [3.63, 3.8) is 0 Å². The zero-order chi connectivity index (χ0) is 13.5. The predicted octanol–water partition coefficient (Wildman–Crippen LogP) is 0.837. The van der Waals surface area contributed by atoms with E-state index in [4.69, 9.17) is 0 Å². The second-order valence-corrected chi connectivity index (χ2v) is 6.98. The third-order valence-corrected chi connectivity index (χ3v) is 5.67. The van der Waals surface area contributed by atoms with Gasteiger partial charge in [0.1, 0.15) is 15.9 Å². The molecular formula is C11H13N3O3S2. The van der Waals surface area contributed by atoms with Gasteiger partial charge >= 0.3 is 0 Å². The fraction of sp³-hybridized carbons (Fsp3) is 0.455. The molecule has 1 aromatic carbocycles. The van der Waals surface area contributed by atoms with Gasteiger partial charge < -0.3 is 5.11 Å². The van der Waals surface area contributed by atoms with Crippen molar-refractivity contribution in [3.05, 3.63) is 18.2 Å². The highest BCUT2D eigenvalue weighted by Gasteiger charge is 2.31. The molecule has 1 aliphatic rings. The molecule has 2 heterocycles. The van der Waals surface area contributed by atoms with Crippen LogP contribution in [0.15, 0.2) is 23.1 Å². The van der Waals surface area contributed by atoms with Crippen molar-refractivity contribution in [2.45, 2.75) is 23.8 Å². The van der Waals surface area contributed by atoms with E-state index in [0.717, 1.165) is 11.7 Å². The Balaban J connectivity index is 2.06. The minimum atomic E-state index is -3.61. The summed E-state index contributed by atoms with van der Waals surface area (Å²) >= 11 is 0.998. The molecule has 1 aliphatic heterocycles. The molecular weight excluding hydrogens is 286 g/mol. The lowest BCUT2D eigenvalue weighted by molar-refractivity contribution is 0.108. The Kier molecular flexibility index (Phi) is 3.25. The Labute approximate surface area is 115 Å². The molecule has 0 saturated carbocycles. The molecule has 1 aromatic heterocycles. The standard InChI is InChI=1S/C11H13N3O3S2/c15-8-3-2-6-14(7-8)19(16,17)10-5-1-4-9-11(10)13-18-12-9/h1,4-5,8,15H,2-3,6-7H2. The summed E-state index contributed by atoms with van der Waals surface area (Å²) in [5, 5.41) is 9.63. The number of β-amino-alcohol motifs (C(OH)–C–C–N with tert-alkyl or cyclic N) is 1. The molecule has 2 aromatic rings. The van der Waals surface area contributed by atoms with Gasteiger partial charge in [0.2, 0.25) is 10.0 Å². The molecule has 0 aliphatic carbocycles. The molecule has 8 heteroatoms. The lowest BCUT2D eigenvalue weighted by atomic mass is 10.1. The van der Waals surface area contributed by atoms with E-state index in [-0.39, 0.29) is 11.4 Å². The zero-order valence-electron chi connectivity index (χ0n) is 10.1. The molecule has 1 N–H and O–H groups in total. The van der Waals surface area contributed by atoms with Crippen LogP contribution in [0.5, 0.6) is 0 Å². The topological polar surface area (TPSA) is 83.4 Å². The van der Waals surface area contributed by atoms with Gasteiger partial charge in [0.05, 0.1) is 17.8 Å². The lowest BCUT2D eigenvalue weighted by Crippen LogP contribution is -2.42. The number of sulfonamides is 1. The number of aliphatic hydroxyl groups is 1. The average molecular weight is 299 g/mol. The first-order chi connectivity index (χ1) is 9.09. The van der Waals surface area contributed by atoms with Gasteiger partial charge in [0.15, 0.2) is 0 Å². The molecule has 6 nitrogen and oxygen atoms in total. The highest BCUT2D eigenvalue weighted by Crippen LogP contribution is 2.26. The maximum atomic E-state index is 12.6. The Morgan fingerprint density at radius 1 is 1.37 bits per heavy atom. The van der Waals surface area contributed by atoms with Gasteiger partial charge in [0.25, 0.3) is 0 Å². The van der Waals surface area contributed by atoms with Gasteiger partial charge in [0, 0.05) is 13.1 Å². The van der Waals surface area contributed by atoms with E-state index in [2.05, 4.69) is 8.75 Å². The van der Waals surface area contributed by atoms with Crippen LogP contribution < -0.4 is 0 Å². The summed E-state index contributed by atoms with van der Waals surface area (Å²) in [5.74, 6) is 0. The van der Waals surface area contributed by atoms with E-state index >= 15 is 0 Å². The van der Waals surface area contributed by atoms with E-state index in [9.17, 15) is 13.5 Å². The number of fused-ring (bicyclic) bond motifs is 1. The number of nitrogens with zero attached hydrogens (tertiary/aromatic N) is 3. The summed E-state index contributed by atoms with van der Waals surface area (Å²) in [6.45, 7) is 0.587. The fourth-order valence-corrected chi connectivity index (χ4v) is 4.54. The third kappa shape index (κ3) is 2.25. The predicted molar refractivity (Wildman–Crippen MR) is 71.4 cm³/mol. The van der Waals surface area contributed by atoms with Gasteiger partial charge in [-0.15, -0.1) is 0 Å². The first-order valence-corrected chi connectivity index (χ1v) is 8.15. The summed E-state index contributed by atoms with van der Waals surface area (Å²) < 4.78 is 34.6. The largest absolute Gasteiger partial charge is 0.392 e. The zero-order valence-corrected chi connectivity index (χ0v) is 11.7. The van der Waals surface area contributed by atoms with E-state index in [1.54, 1.807) is 18.2 Å². The molecule has 0 amide bonds. The van der Waals surface area contributed by atoms with Crippen molar-refractivity contribution in [3.8, 4) is 0 Å². The normalized spacial score (nSPS) is 21.8. The Bertz CT molecular complexity index is 698. The Hall–Kier alpha value is -1.09. The van der Waals surface area contributed by atoms with Crippen molar-refractivity contribution in [2.75, 3.05) is 13.1 Å². The monoisotopic (exact) mass is 299 g/mol. The number of benzene rings is 1. The first-order valence-electron chi connectivity index (χ1n) is 5.98. The first kappa shape index (κ1) is 12.9. The van der Waals surface area contributed by atoms with Crippen molar-refractivity contribution in [1.29, 1.82) is 0 Å². The number of hydrogen-bond acceptors (Lipinski definition) is 6. The van der Waals surface area contributed by atoms with E-state index in [1.165, 1.54) is 4.31 Å². The minimum absolute atomic E-state index is 0.149. The summed E-state index contributed by atoms with van der Waals surface area (Å²) in [6.07, 6.45) is 0.733. The van der Waals surface area contributed by atoms with Gasteiger partial charge in [-0.1, -0.05) is 6.07 Å². The van der Waals surface area contributed by atoms with Crippen molar-refractivity contribution < 1.29 is 13.5 Å². The molecule has 1 saturated heterocycles. The molecule has 0 radical (unpaired) electrons. The van der Waals surface area contributed by atoms with Crippen LogP contribution in [-0.4, -0.2) is 45.8 Å².